The highest BCUT2D eigenvalue weighted by molar-refractivity contribution is 5.98. The highest BCUT2D eigenvalue weighted by atomic mass is 16.5. The Labute approximate surface area is 253 Å². The van der Waals surface area contributed by atoms with Gasteiger partial charge in [-0.2, -0.15) is 0 Å². The minimum absolute atomic E-state index is 0.0340. The number of para-hydroxylation sites is 2. The maximum absolute atomic E-state index is 13.3. The van der Waals surface area contributed by atoms with Gasteiger partial charge in [0.25, 0.3) is 5.91 Å². The number of likely N-dealkylation sites (tertiary alicyclic amines) is 1. The molecule has 3 aromatic carbocycles. The van der Waals surface area contributed by atoms with Crippen LogP contribution in [0.4, 0.5) is 5.69 Å². The van der Waals surface area contributed by atoms with Crippen LogP contribution in [0.1, 0.15) is 28.2 Å². The summed E-state index contributed by atoms with van der Waals surface area (Å²) in [6, 6.07) is 27.9. The summed E-state index contributed by atoms with van der Waals surface area (Å²) in [4.78, 5) is 49.8. The van der Waals surface area contributed by atoms with Crippen LogP contribution in [0.5, 0.6) is 5.75 Å². The lowest BCUT2D eigenvalue weighted by Crippen LogP contribution is -2.52. The first-order valence-electron chi connectivity index (χ1n) is 14.4. The molecule has 1 aliphatic heterocycles. The molecule has 222 valence electrons. The number of nitrogens with zero attached hydrogens (tertiary/aromatic N) is 3. The highest BCUT2D eigenvalue weighted by Crippen LogP contribution is 2.28. The Kier molecular flexibility index (Phi) is 8.16. The van der Waals surface area contributed by atoms with E-state index in [4.69, 9.17) is 4.74 Å². The van der Waals surface area contributed by atoms with Gasteiger partial charge in [0.1, 0.15) is 18.1 Å². The van der Waals surface area contributed by atoms with Crippen molar-refractivity contribution in [3.05, 3.63) is 108 Å². The van der Waals surface area contributed by atoms with Crippen LogP contribution in [0, 0.1) is 18.8 Å². The number of hydrogen-bond donors (Lipinski definition) is 3. The molecule has 1 saturated heterocycles. The molecular formula is C34H31N5O5. The number of carbonyl (C=O) groups excluding carboxylic acids is 3. The standard InChI is InChI=1S/C34H31N5O5/c1-21-18-23(26-7-3-5-9-30(26)35-21)20-44-25-13-11-24(12-14-25)36-32(40)27-16-17-39(19-28(27)33(41)38-43)34(42)31-15-10-22-6-2-4-8-29(22)37-31/h2-15,18,27-28,43H,16-17,19-20H2,1H3,(H,36,40)(H,38,41). The summed E-state index contributed by atoms with van der Waals surface area (Å²) >= 11 is 0. The van der Waals surface area contributed by atoms with E-state index in [1.54, 1.807) is 35.8 Å². The molecule has 44 heavy (non-hydrogen) atoms. The number of pyridine rings is 2. The normalized spacial score (nSPS) is 16.5. The van der Waals surface area contributed by atoms with Crippen molar-refractivity contribution in [1.29, 1.82) is 0 Å². The molecular weight excluding hydrogens is 558 g/mol. The van der Waals surface area contributed by atoms with Gasteiger partial charge < -0.3 is 15.0 Å². The van der Waals surface area contributed by atoms with E-state index < -0.39 is 17.7 Å². The van der Waals surface area contributed by atoms with Crippen LogP contribution in [-0.4, -0.2) is 50.9 Å². The second-order valence-electron chi connectivity index (χ2n) is 10.9. The van der Waals surface area contributed by atoms with E-state index in [1.165, 1.54) is 4.90 Å². The molecule has 2 atom stereocenters. The number of amides is 3. The predicted molar refractivity (Wildman–Crippen MR) is 165 cm³/mol. The Balaban J connectivity index is 1.10. The van der Waals surface area contributed by atoms with E-state index in [0.717, 1.165) is 27.5 Å². The van der Waals surface area contributed by atoms with Gasteiger partial charge in [-0.3, -0.25) is 24.6 Å². The average molecular weight is 590 g/mol. The summed E-state index contributed by atoms with van der Waals surface area (Å²) in [7, 11) is 0. The highest BCUT2D eigenvalue weighted by Gasteiger charge is 2.40. The molecule has 3 amide bonds. The molecule has 0 aliphatic carbocycles. The zero-order valence-corrected chi connectivity index (χ0v) is 24.1. The zero-order valence-electron chi connectivity index (χ0n) is 24.1. The number of hydroxylamine groups is 1. The topological polar surface area (TPSA) is 134 Å². The third-order valence-electron chi connectivity index (χ3n) is 7.95. The SMILES string of the molecule is Cc1cc(COc2ccc(NC(=O)C3CCN(C(=O)c4ccc5ccccc5n4)CC3C(=O)NO)cc2)c2ccccc2n1. The largest absolute Gasteiger partial charge is 0.489 e. The first-order valence-corrected chi connectivity index (χ1v) is 14.4. The minimum atomic E-state index is -0.945. The smallest absolute Gasteiger partial charge is 0.272 e. The van der Waals surface area contributed by atoms with Gasteiger partial charge in [-0.15, -0.1) is 0 Å². The molecule has 2 aromatic heterocycles. The second kappa shape index (κ2) is 12.5. The van der Waals surface area contributed by atoms with Gasteiger partial charge in [-0.05, 0) is 61.9 Å². The lowest BCUT2D eigenvalue weighted by Gasteiger charge is -2.36. The molecule has 2 unspecified atom stereocenters. The number of anilines is 1. The molecule has 1 aliphatic rings. The maximum Gasteiger partial charge on any atom is 0.272 e. The molecule has 5 aromatic rings. The lowest BCUT2D eigenvalue weighted by atomic mass is 9.84. The summed E-state index contributed by atoms with van der Waals surface area (Å²) in [5.41, 5.74) is 6.00. The molecule has 6 rings (SSSR count). The number of nitrogens with one attached hydrogen (secondary N) is 2. The number of hydrogen-bond acceptors (Lipinski definition) is 7. The third kappa shape index (κ3) is 6.06. The summed E-state index contributed by atoms with van der Waals surface area (Å²) in [6.45, 7) is 2.54. The molecule has 0 saturated carbocycles. The Hall–Kier alpha value is -5.35. The van der Waals surface area contributed by atoms with Crippen LogP contribution in [0.25, 0.3) is 21.8 Å². The van der Waals surface area contributed by atoms with Gasteiger partial charge in [0, 0.05) is 40.8 Å². The van der Waals surface area contributed by atoms with Crippen molar-refractivity contribution in [2.24, 2.45) is 11.8 Å². The van der Waals surface area contributed by atoms with E-state index >= 15 is 0 Å². The van der Waals surface area contributed by atoms with Gasteiger partial charge in [0.15, 0.2) is 0 Å². The maximum atomic E-state index is 13.3. The van der Waals surface area contributed by atoms with E-state index in [1.807, 2.05) is 67.6 Å². The minimum Gasteiger partial charge on any atom is -0.489 e. The molecule has 10 heteroatoms. The molecule has 10 nitrogen and oxygen atoms in total. The second-order valence-corrected chi connectivity index (χ2v) is 10.9. The Morgan fingerprint density at radius 2 is 1.64 bits per heavy atom. The monoisotopic (exact) mass is 589 g/mol. The summed E-state index contributed by atoms with van der Waals surface area (Å²) in [5.74, 6) is -2.50. The predicted octanol–water partition coefficient (Wildman–Crippen LogP) is 4.89. The quantitative estimate of drug-likeness (QED) is 0.182. The Morgan fingerprint density at radius 3 is 2.43 bits per heavy atom. The van der Waals surface area contributed by atoms with E-state index in [-0.39, 0.29) is 37.0 Å². The van der Waals surface area contributed by atoms with Crippen LogP contribution >= 0.6 is 0 Å². The zero-order chi connectivity index (χ0) is 30.6. The van der Waals surface area contributed by atoms with E-state index in [0.29, 0.717) is 23.6 Å². The molecule has 3 heterocycles. The van der Waals surface area contributed by atoms with E-state index in [9.17, 15) is 19.6 Å². The molecule has 1 fully saturated rings. The summed E-state index contributed by atoms with van der Waals surface area (Å²) < 4.78 is 6.03. The molecule has 0 spiro atoms. The average Bonchev–Trinajstić information content (AvgIpc) is 3.06. The summed E-state index contributed by atoms with van der Waals surface area (Å²) in [6.07, 6.45) is 0.240. The number of rotatable bonds is 7. The van der Waals surface area contributed by atoms with Gasteiger partial charge in [-0.25, -0.2) is 10.5 Å². The van der Waals surface area contributed by atoms with Crippen molar-refractivity contribution in [2.75, 3.05) is 18.4 Å². The van der Waals surface area contributed by atoms with Crippen molar-refractivity contribution in [3.8, 4) is 5.75 Å². The van der Waals surface area contributed by atoms with Gasteiger partial charge in [-0.1, -0.05) is 42.5 Å². The number of carbonyl (C=O) groups is 3. The van der Waals surface area contributed by atoms with Crippen molar-refractivity contribution < 1.29 is 24.3 Å². The molecule has 3 N–H and O–H groups in total. The van der Waals surface area contributed by atoms with Gasteiger partial charge in [0.2, 0.25) is 11.8 Å². The van der Waals surface area contributed by atoms with Gasteiger partial charge in [0.05, 0.1) is 22.9 Å². The Bertz CT molecular complexity index is 1860. The summed E-state index contributed by atoms with van der Waals surface area (Å²) in [5, 5.41) is 14.2. The number of fused-ring (bicyclic) bond motifs is 2. The Morgan fingerprint density at radius 1 is 0.886 bits per heavy atom. The fraction of sp³-hybridized carbons (Fsp3) is 0.206. The number of piperidine rings is 1. The fourth-order valence-electron chi connectivity index (χ4n) is 5.69. The van der Waals surface area contributed by atoms with Crippen molar-refractivity contribution in [3.63, 3.8) is 0 Å². The third-order valence-corrected chi connectivity index (χ3v) is 7.95. The number of ether oxygens (including phenoxy) is 1. The van der Waals surface area contributed by atoms with Gasteiger partial charge >= 0.3 is 0 Å². The van der Waals surface area contributed by atoms with Crippen molar-refractivity contribution >= 4 is 45.2 Å². The fourth-order valence-corrected chi connectivity index (χ4v) is 5.69. The molecule has 0 bridgehead atoms. The first-order chi connectivity index (χ1) is 21.4. The van der Waals surface area contributed by atoms with Crippen LogP contribution in [-0.2, 0) is 16.2 Å². The van der Waals surface area contributed by atoms with Crippen molar-refractivity contribution in [1.82, 2.24) is 20.3 Å². The number of aryl methyl sites for hydroxylation is 1. The van der Waals surface area contributed by atoms with E-state index in [2.05, 4.69) is 15.3 Å². The lowest BCUT2D eigenvalue weighted by molar-refractivity contribution is -0.141. The number of aromatic nitrogens is 2. The number of benzene rings is 3. The molecule has 0 radical (unpaired) electrons. The first kappa shape index (κ1) is 28.8. The van der Waals surface area contributed by atoms with Crippen LogP contribution < -0.4 is 15.5 Å². The van der Waals surface area contributed by atoms with Crippen LogP contribution in [0.2, 0.25) is 0 Å². The van der Waals surface area contributed by atoms with Crippen LogP contribution in [0.3, 0.4) is 0 Å². The van der Waals surface area contributed by atoms with Crippen LogP contribution in [0.15, 0.2) is 91.0 Å². The van der Waals surface area contributed by atoms with Crippen molar-refractivity contribution in [2.45, 2.75) is 20.0 Å².